The van der Waals surface area contributed by atoms with E-state index in [1.54, 1.807) is 11.8 Å². The smallest absolute Gasteiger partial charge is 0.118 e. The Kier molecular flexibility index (Phi) is 6.61. The Morgan fingerprint density at radius 2 is 2.19 bits per heavy atom. The molecule has 0 aliphatic carbocycles. The molecular formula is C12H21NO2S. The highest BCUT2D eigenvalue weighted by Crippen LogP contribution is 2.13. The van der Waals surface area contributed by atoms with Gasteiger partial charge in [0.1, 0.15) is 11.5 Å². The zero-order valence-electron chi connectivity index (χ0n) is 10.3. The lowest BCUT2D eigenvalue weighted by Gasteiger charge is -2.12. The Morgan fingerprint density at radius 3 is 2.88 bits per heavy atom. The highest BCUT2D eigenvalue weighted by molar-refractivity contribution is 7.97. The summed E-state index contributed by atoms with van der Waals surface area (Å²) >= 11 is 1.77. The van der Waals surface area contributed by atoms with Crippen LogP contribution in [0.3, 0.4) is 0 Å². The molecule has 16 heavy (non-hydrogen) atoms. The lowest BCUT2D eigenvalue weighted by molar-refractivity contribution is 0.126. The maximum atomic E-state index is 5.65. The van der Waals surface area contributed by atoms with E-state index in [4.69, 9.17) is 9.15 Å². The number of thioether (sulfide) groups is 1. The van der Waals surface area contributed by atoms with Crippen LogP contribution in [0.25, 0.3) is 0 Å². The summed E-state index contributed by atoms with van der Waals surface area (Å²) in [6, 6.07) is 4.43. The molecule has 1 N–H and O–H groups in total. The fourth-order valence-corrected chi connectivity index (χ4v) is 1.81. The molecule has 0 aromatic carbocycles. The van der Waals surface area contributed by atoms with Crippen molar-refractivity contribution in [2.45, 2.75) is 32.2 Å². The third-order valence-corrected chi connectivity index (χ3v) is 2.77. The van der Waals surface area contributed by atoms with E-state index in [0.717, 1.165) is 37.0 Å². The maximum absolute atomic E-state index is 5.65. The second-order valence-electron chi connectivity index (χ2n) is 3.74. The molecule has 0 saturated heterocycles. The second kappa shape index (κ2) is 7.76. The number of nitrogens with one attached hydrogen (secondary N) is 1. The Bertz CT molecular complexity index is 288. The second-order valence-corrected chi connectivity index (χ2v) is 4.61. The van der Waals surface area contributed by atoms with Crippen LogP contribution in [0.15, 0.2) is 16.5 Å². The first kappa shape index (κ1) is 13.6. The zero-order chi connectivity index (χ0) is 11.8. The number of hydrogen-bond acceptors (Lipinski definition) is 4. The molecule has 3 nitrogen and oxygen atoms in total. The van der Waals surface area contributed by atoms with Crippen LogP contribution in [0.5, 0.6) is 0 Å². The number of furan rings is 1. The van der Waals surface area contributed by atoms with E-state index in [0.29, 0.717) is 6.04 Å². The Balaban J connectivity index is 2.25. The van der Waals surface area contributed by atoms with Crippen molar-refractivity contribution in [2.75, 3.05) is 19.5 Å². The van der Waals surface area contributed by atoms with Gasteiger partial charge in [-0.1, -0.05) is 0 Å². The van der Waals surface area contributed by atoms with Crippen molar-refractivity contribution in [3.63, 3.8) is 0 Å². The molecule has 0 aliphatic heterocycles. The van der Waals surface area contributed by atoms with E-state index in [1.165, 1.54) is 0 Å². The quantitative estimate of drug-likeness (QED) is 0.761. The minimum absolute atomic E-state index is 0.356. The van der Waals surface area contributed by atoms with Crippen molar-refractivity contribution >= 4 is 11.8 Å². The Hall–Kier alpha value is -0.450. The fourth-order valence-electron chi connectivity index (χ4n) is 1.37. The Labute approximate surface area is 102 Å². The molecule has 1 rings (SSSR count). The standard InChI is InChI=1S/C12H21NO2S/c1-4-14-8-10(2)13-7-11-5-6-12(15-11)9-16-3/h5-6,10,13H,4,7-9H2,1-3H3. The van der Waals surface area contributed by atoms with Gasteiger partial charge in [-0.2, -0.15) is 11.8 Å². The minimum atomic E-state index is 0.356. The van der Waals surface area contributed by atoms with Crippen LogP contribution in [0.1, 0.15) is 25.4 Å². The summed E-state index contributed by atoms with van der Waals surface area (Å²) in [5, 5.41) is 3.36. The van der Waals surface area contributed by atoms with Crippen LogP contribution in [0.2, 0.25) is 0 Å². The van der Waals surface area contributed by atoms with Crippen molar-refractivity contribution in [2.24, 2.45) is 0 Å². The molecule has 0 bridgehead atoms. The number of hydrogen-bond donors (Lipinski definition) is 1. The fraction of sp³-hybridized carbons (Fsp3) is 0.667. The van der Waals surface area contributed by atoms with Gasteiger partial charge in [0.05, 0.1) is 18.9 Å². The first-order chi connectivity index (χ1) is 7.76. The van der Waals surface area contributed by atoms with Crippen molar-refractivity contribution in [3.05, 3.63) is 23.7 Å². The summed E-state index contributed by atoms with van der Waals surface area (Å²) in [7, 11) is 0. The molecule has 0 radical (unpaired) electrons. The van der Waals surface area contributed by atoms with Gasteiger partial charge in [-0.05, 0) is 32.2 Å². The van der Waals surface area contributed by atoms with E-state index >= 15 is 0 Å². The number of ether oxygens (including phenoxy) is 1. The van der Waals surface area contributed by atoms with Crippen molar-refractivity contribution in [1.29, 1.82) is 0 Å². The molecule has 0 saturated carbocycles. The molecule has 0 spiro atoms. The van der Waals surface area contributed by atoms with Crippen LogP contribution in [0.4, 0.5) is 0 Å². The molecule has 0 aliphatic rings. The molecular weight excluding hydrogens is 222 g/mol. The molecule has 92 valence electrons. The average Bonchev–Trinajstić information content (AvgIpc) is 2.72. The first-order valence-electron chi connectivity index (χ1n) is 5.64. The monoisotopic (exact) mass is 243 g/mol. The SMILES string of the molecule is CCOCC(C)NCc1ccc(CSC)o1. The van der Waals surface area contributed by atoms with Crippen LogP contribution in [0, 0.1) is 0 Å². The van der Waals surface area contributed by atoms with Crippen molar-refractivity contribution in [3.8, 4) is 0 Å². The van der Waals surface area contributed by atoms with Gasteiger partial charge in [0.15, 0.2) is 0 Å². The summed E-state index contributed by atoms with van der Waals surface area (Å²) < 4.78 is 11.0. The van der Waals surface area contributed by atoms with Gasteiger partial charge in [0, 0.05) is 12.6 Å². The van der Waals surface area contributed by atoms with Crippen LogP contribution in [-0.4, -0.2) is 25.5 Å². The summed E-state index contributed by atoms with van der Waals surface area (Å²) in [5.41, 5.74) is 0. The van der Waals surface area contributed by atoms with E-state index in [2.05, 4.69) is 18.5 Å². The van der Waals surface area contributed by atoms with Gasteiger partial charge in [-0.25, -0.2) is 0 Å². The molecule has 1 aromatic heterocycles. The van der Waals surface area contributed by atoms with Gasteiger partial charge in [0.2, 0.25) is 0 Å². The Morgan fingerprint density at radius 1 is 1.44 bits per heavy atom. The largest absolute Gasteiger partial charge is 0.464 e. The lowest BCUT2D eigenvalue weighted by atomic mass is 10.3. The first-order valence-corrected chi connectivity index (χ1v) is 7.03. The van der Waals surface area contributed by atoms with Gasteiger partial charge in [-0.3, -0.25) is 0 Å². The van der Waals surface area contributed by atoms with Gasteiger partial charge >= 0.3 is 0 Å². The van der Waals surface area contributed by atoms with Crippen molar-refractivity contribution in [1.82, 2.24) is 5.32 Å². The van der Waals surface area contributed by atoms with Crippen molar-refractivity contribution < 1.29 is 9.15 Å². The predicted octanol–water partition coefficient (Wildman–Crippen LogP) is 2.66. The highest BCUT2D eigenvalue weighted by Gasteiger charge is 2.04. The average molecular weight is 243 g/mol. The van der Waals surface area contributed by atoms with Gasteiger partial charge in [-0.15, -0.1) is 0 Å². The summed E-state index contributed by atoms with van der Waals surface area (Å²) in [6.45, 7) is 6.40. The third-order valence-electron chi connectivity index (χ3n) is 2.20. The topological polar surface area (TPSA) is 34.4 Å². The molecule has 0 fully saturated rings. The highest BCUT2D eigenvalue weighted by atomic mass is 32.2. The number of rotatable bonds is 8. The van der Waals surface area contributed by atoms with Crippen LogP contribution < -0.4 is 5.32 Å². The summed E-state index contributed by atoms with van der Waals surface area (Å²) in [4.78, 5) is 0. The zero-order valence-corrected chi connectivity index (χ0v) is 11.1. The molecule has 1 atom stereocenters. The maximum Gasteiger partial charge on any atom is 0.118 e. The molecule has 1 unspecified atom stereocenters. The third kappa shape index (κ3) is 5.05. The predicted molar refractivity (Wildman–Crippen MR) is 68.7 cm³/mol. The molecule has 1 heterocycles. The molecule has 0 amide bonds. The van der Waals surface area contributed by atoms with E-state index in [1.807, 2.05) is 19.1 Å². The van der Waals surface area contributed by atoms with Crippen LogP contribution >= 0.6 is 11.8 Å². The van der Waals surface area contributed by atoms with E-state index in [-0.39, 0.29) is 0 Å². The van der Waals surface area contributed by atoms with E-state index < -0.39 is 0 Å². The summed E-state index contributed by atoms with van der Waals surface area (Å²) in [5.74, 6) is 2.98. The minimum Gasteiger partial charge on any atom is -0.464 e. The van der Waals surface area contributed by atoms with Gasteiger partial charge in [0.25, 0.3) is 0 Å². The molecule has 1 aromatic rings. The lowest BCUT2D eigenvalue weighted by Crippen LogP contribution is -2.29. The van der Waals surface area contributed by atoms with E-state index in [9.17, 15) is 0 Å². The molecule has 4 heteroatoms. The summed E-state index contributed by atoms with van der Waals surface area (Å²) in [6.07, 6.45) is 2.07. The normalized spacial score (nSPS) is 12.9. The van der Waals surface area contributed by atoms with Crippen LogP contribution in [-0.2, 0) is 17.0 Å². The van der Waals surface area contributed by atoms with Gasteiger partial charge < -0.3 is 14.5 Å².